The van der Waals surface area contributed by atoms with Gasteiger partial charge < -0.3 is 10.1 Å². The third-order valence-electron chi connectivity index (χ3n) is 2.15. The molecule has 1 aromatic rings. The van der Waals surface area contributed by atoms with Gasteiger partial charge in [-0.05, 0) is 13.8 Å². The van der Waals surface area contributed by atoms with Crippen molar-refractivity contribution in [3.05, 3.63) is 16.6 Å². The quantitative estimate of drug-likeness (QED) is 0.667. The number of rotatable bonds is 5. The Balaban J connectivity index is 2.51. The highest BCUT2D eigenvalue weighted by molar-refractivity contribution is 9.10. The van der Waals surface area contributed by atoms with Gasteiger partial charge in [0, 0.05) is 18.1 Å². The molecule has 0 aliphatic heterocycles. The molecule has 0 amide bonds. The van der Waals surface area contributed by atoms with E-state index >= 15 is 0 Å². The fourth-order valence-corrected chi connectivity index (χ4v) is 2.25. The second kappa shape index (κ2) is 5.75. The predicted molar refractivity (Wildman–Crippen MR) is 67.9 cm³/mol. The number of carbonyl (C=O) groups is 1. The minimum Gasteiger partial charge on any atom is -0.468 e. The Morgan fingerprint density at radius 1 is 1.75 bits per heavy atom. The molecule has 0 spiro atoms. The van der Waals surface area contributed by atoms with E-state index in [1.165, 1.54) is 7.11 Å². The summed E-state index contributed by atoms with van der Waals surface area (Å²) in [5, 5.41) is 6.21. The van der Waals surface area contributed by atoms with Crippen LogP contribution < -0.4 is 5.32 Å². The lowest BCUT2D eigenvalue weighted by Gasteiger charge is -2.24. The SMILES string of the molecule is COC(=O)C(Br)CNC(C)(C)c1nccs1. The molecule has 0 aliphatic carbocycles. The zero-order valence-corrected chi connectivity index (χ0v) is 11.9. The van der Waals surface area contributed by atoms with Crippen molar-refractivity contribution in [2.45, 2.75) is 24.2 Å². The molecule has 1 unspecified atom stereocenters. The largest absolute Gasteiger partial charge is 0.468 e. The van der Waals surface area contributed by atoms with Crippen molar-refractivity contribution in [3.63, 3.8) is 0 Å². The van der Waals surface area contributed by atoms with E-state index in [0.29, 0.717) is 6.54 Å². The first kappa shape index (κ1) is 13.6. The molecule has 1 heterocycles. The second-order valence-corrected chi connectivity index (χ2v) is 5.83. The van der Waals surface area contributed by atoms with Crippen LogP contribution in [0.2, 0.25) is 0 Å². The molecular formula is C10H15BrN2O2S. The minimum atomic E-state index is -0.336. The van der Waals surface area contributed by atoms with Crippen LogP contribution in [0.1, 0.15) is 18.9 Å². The topological polar surface area (TPSA) is 51.2 Å². The number of halogens is 1. The Bertz CT molecular complexity index is 341. The number of nitrogens with one attached hydrogen (secondary N) is 1. The van der Waals surface area contributed by atoms with Crippen molar-refractivity contribution in [2.75, 3.05) is 13.7 Å². The highest BCUT2D eigenvalue weighted by atomic mass is 79.9. The molecule has 6 heteroatoms. The van der Waals surface area contributed by atoms with E-state index in [9.17, 15) is 4.79 Å². The fourth-order valence-electron chi connectivity index (χ4n) is 1.16. The van der Waals surface area contributed by atoms with E-state index < -0.39 is 0 Å². The number of nitrogens with zero attached hydrogens (tertiary/aromatic N) is 1. The number of methoxy groups -OCH3 is 1. The van der Waals surface area contributed by atoms with Gasteiger partial charge in [0.25, 0.3) is 0 Å². The fraction of sp³-hybridized carbons (Fsp3) is 0.600. The smallest absolute Gasteiger partial charge is 0.320 e. The van der Waals surface area contributed by atoms with Crippen LogP contribution in [0.5, 0.6) is 0 Å². The van der Waals surface area contributed by atoms with Crippen LogP contribution in [-0.2, 0) is 15.1 Å². The van der Waals surface area contributed by atoms with E-state index in [0.717, 1.165) is 5.01 Å². The van der Waals surface area contributed by atoms with Gasteiger partial charge in [-0.3, -0.25) is 4.79 Å². The standard InChI is InChI=1S/C10H15BrN2O2S/c1-10(2,9-12-4-5-16-9)13-6-7(11)8(14)15-3/h4-5,7,13H,6H2,1-3H3. The van der Waals surface area contributed by atoms with Gasteiger partial charge in [-0.1, -0.05) is 15.9 Å². The molecular weight excluding hydrogens is 292 g/mol. The molecule has 1 aromatic heterocycles. The van der Waals surface area contributed by atoms with Gasteiger partial charge in [-0.15, -0.1) is 11.3 Å². The molecule has 90 valence electrons. The number of esters is 1. The van der Waals surface area contributed by atoms with Gasteiger partial charge >= 0.3 is 5.97 Å². The van der Waals surface area contributed by atoms with Crippen molar-refractivity contribution in [1.82, 2.24) is 10.3 Å². The number of thiazole rings is 1. The van der Waals surface area contributed by atoms with Gasteiger partial charge in [0.1, 0.15) is 9.83 Å². The number of hydrogen-bond acceptors (Lipinski definition) is 5. The van der Waals surface area contributed by atoms with Crippen molar-refractivity contribution in [3.8, 4) is 0 Å². The number of hydrogen-bond donors (Lipinski definition) is 1. The summed E-state index contributed by atoms with van der Waals surface area (Å²) < 4.78 is 4.63. The van der Waals surface area contributed by atoms with E-state index in [-0.39, 0.29) is 16.3 Å². The highest BCUT2D eigenvalue weighted by Gasteiger charge is 2.25. The molecule has 0 aliphatic rings. The Labute approximate surface area is 108 Å². The number of carbonyl (C=O) groups excluding carboxylic acids is 1. The molecule has 0 aromatic carbocycles. The minimum absolute atomic E-state index is 0.242. The molecule has 0 fully saturated rings. The van der Waals surface area contributed by atoms with Crippen LogP contribution >= 0.6 is 27.3 Å². The first-order chi connectivity index (χ1) is 7.47. The molecule has 1 N–H and O–H groups in total. The van der Waals surface area contributed by atoms with Crippen LogP contribution in [0.25, 0.3) is 0 Å². The molecule has 4 nitrogen and oxygen atoms in total. The molecule has 0 saturated carbocycles. The highest BCUT2D eigenvalue weighted by Crippen LogP contribution is 2.22. The molecule has 16 heavy (non-hydrogen) atoms. The lowest BCUT2D eigenvalue weighted by molar-refractivity contribution is -0.139. The van der Waals surface area contributed by atoms with Gasteiger partial charge in [-0.25, -0.2) is 4.98 Å². The zero-order chi connectivity index (χ0) is 12.2. The first-order valence-electron chi connectivity index (χ1n) is 4.84. The van der Waals surface area contributed by atoms with Crippen LogP contribution in [0, 0.1) is 0 Å². The number of alkyl halides is 1. The molecule has 0 saturated heterocycles. The summed E-state index contributed by atoms with van der Waals surface area (Å²) in [6, 6.07) is 0. The van der Waals surface area contributed by atoms with Crippen molar-refractivity contribution >= 4 is 33.2 Å². The molecule has 1 atom stereocenters. The van der Waals surface area contributed by atoms with E-state index in [4.69, 9.17) is 0 Å². The summed E-state index contributed by atoms with van der Waals surface area (Å²) in [5.74, 6) is -0.276. The Hall–Kier alpha value is -0.460. The van der Waals surface area contributed by atoms with Crippen LogP contribution in [0.4, 0.5) is 0 Å². The Morgan fingerprint density at radius 3 is 2.94 bits per heavy atom. The molecule has 0 radical (unpaired) electrons. The van der Waals surface area contributed by atoms with Crippen LogP contribution in [-0.4, -0.2) is 29.4 Å². The summed E-state index contributed by atoms with van der Waals surface area (Å²) in [5.41, 5.74) is -0.242. The number of ether oxygens (including phenoxy) is 1. The predicted octanol–water partition coefficient (Wildman–Crippen LogP) is 1.90. The van der Waals surface area contributed by atoms with Crippen molar-refractivity contribution in [1.29, 1.82) is 0 Å². The van der Waals surface area contributed by atoms with Gasteiger partial charge in [-0.2, -0.15) is 0 Å². The van der Waals surface area contributed by atoms with Crippen molar-refractivity contribution in [2.24, 2.45) is 0 Å². The third kappa shape index (κ3) is 3.54. The van der Waals surface area contributed by atoms with E-state index in [1.54, 1.807) is 17.5 Å². The summed E-state index contributed by atoms with van der Waals surface area (Å²) in [6.45, 7) is 4.56. The lowest BCUT2D eigenvalue weighted by Crippen LogP contribution is -2.41. The van der Waals surface area contributed by atoms with E-state index in [2.05, 4.69) is 31.0 Å². The third-order valence-corrected chi connectivity index (χ3v) is 3.94. The monoisotopic (exact) mass is 306 g/mol. The van der Waals surface area contributed by atoms with Gasteiger partial charge in [0.2, 0.25) is 0 Å². The van der Waals surface area contributed by atoms with E-state index in [1.807, 2.05) is 19.2 Å². The maximum absolute atomic E-state index is 11.2. The average molecular weight is 307 g/mol. The normalized spacial score (nSPS) is 13.5. The second-order valence-electron chi connectivity index (χ2n) is 3.83. The molecule has 0 bridgehead atoms. The first-order valence-corrected chi connectivity index (χ1v) is 6.64. The average Bonchev–Trinajstić information content (AvgIpc) is 2.78. The van der Waals surface area contributed by atoms with Crippen LogP contribution in [0.3, 0.4) is 0 Å². The van der Waals surface area contributed by atoms with Crippen molar-refractivity contribution < 1.29 is 9.53 Å². The van der Waals surface area contributed by atoms with Crippen LogP contribution in [0.15, 0.2) is 11.6 Å². The summed E-state index contributed by atoms with van der Waals surface area (Å²) in [6.07, 6.45) is 1.77. The molecule has 1 rings (SSSR count). The zero-order valence-electron chi connectivity index (χ0n) is 9.49. The summed E-state index contributed by atoms with van der Waals surface area (Å²) in [4.78, 5) is 15.1. The number of aromatic nitrogens is 1. The van der Waals surface area contributed by atoms with Gasteiger partial charge in [0.05, 0.1) is 12.6 Å². The van der Waals surface area contributed by atoms with Gasteiger partial charge in [0.15, 0.2) is 0 Å². The lowest BCUT2D eigenvalue weighted by atomic mass is 10.1. The summed E-state index contributed by atoms with van der Waals surface area (Å²) in [7, 11) is 1.38. The Morgan fingerprint density at radius 2 is 2.44 bits per heavy atom. The maximum Gasteiger partial charge on any atom is 0.320 e. The Kier molecular flexibility index (Phi) is 4.89. The maximum atomic E-state index is 11.2. The summed E-state index contributed by atoms with van der Waals surface area (Å²) >= 11 is 4.86.